The minimum atomic E-state index is -0.500. The average molecular weight is 284 g/mol. The van der Waals surface area contributed by atoms with E-state index in [1.807, 2.05) is 0 Å². The minimum Gasteiger partial charge on any atom is -0.399 e. The van der Waals surface area contributed by atoms with E-state index in [1.54, 1.807) is 6.07 Å². The number of nitrogens with two attached hydrogens (primary N) is 1. The lowest BCUT2D eigenvalue weighted by Crippen LogP contribution is -2.04. The van der Waals surface area contributed by atoms with Gasteiger partial charge in [-0.25, -0.2) is 4.39 Å². The summed E-state index contributed by atoms with van der Waals surface area (Å²) in [6, 6.07) is 8.14. The Morgan fingerprint density at radius 2 is 1.56 bits per heavy atom. The van der Waals surface area contributed by atoms with Gasteiger partial charge < -0.3 is 5.73 Å². The number of ketones is 1. The van der Waals surface area contributed by atoms with Gasteiger partial charge in [0.2, 0.25) is 0 Å². The lowest BCUT2D eigenvalue weighted by Gasteiger charge is -2.06. The first-order valence-corrected chi connectivity index (χ1v) is 5.79. The fourth-order valence-electron chi connectivity index (χ4n) is 1.53. The zero-order valence-corrected chi connectivity index (χ0v) is 10.6. The molecule has 0 bridgehead atoms. The van der Waals surface area contributed by atoms with Crippen molar-refractivity contribution in [3.63, 3.8) is 0 Å². The highest BCUT2D eigenvalue weighted by Gasteiger charge is 2.16. The summed E-state index contributed by atoms with van der Waals surface area (Å²) in [7, 11) is 0. The molecule has 0 saturated heterocycles. The van der Waals surface area contributed by atoms with Crippen molar-refractivity contribution in [2.45, 2.75) is 0 Å². The standard InChI is InChI=1S/C13H8Cl2FNO/c14-11-5-7(16)1-3-9(11)13(18)10-4-2-8(17)6-12(10)15/h1-6H,17H2. The van der Waals surface area contributed by atoms with Crippen molar-refractivity contribution in [1.82, 2.24) is 0 Å². The van der Waals surface area contributed by atoms with E-state index in [1.165, 1.54) is 24.3 Å². The Hall–Kier alpha value is -1.58. The average Bonchev–Trinajstić information content (AvgIpc) is 2.28. The van der Waals surface area contributed by atoms with Crippen LogP contribution in [0.5, 0.6) is 0 Å². The van der Waals surface area contributed by atoms with Gasteiger partial charge in [-0.3, -0.25) is 4.79 Å². The summed E-state index contributed by atoms with van der Waals surface area (Å²) in [5.41, 5.74) is 6.48. The molecule has 0 radical (unpaired) electrons. The maximum atomic E-state index is 12.9. The number of nitrogen functional groups attached to an aromatic ring is 1. The fraction of sp³-hybridized carbons (Fsp3) is 0. The Bertz CT molecular complexity index is 575. The molecule has 0 fully saturated rings. The summed E-state index contributed by atoms with van der Waals surface area (Å²) in [4.78, 5) is 12.2. The number of halogens is 3. The smallest absolute Gasteiger partial charge is 0.196 e. The molecule has 0 aliphatic heterocycles. The molecule has 92 valence electrons. The van der Waals surface area contributed by atoms with Gasteiger partial charge in [-0.05, 0) is 36.4 Å². The van der Waals surface area contributed by atoms with E-state index in [0.29, 0.717) is 5.69 Å². The zero-order chi connectivity index (χ0) is 13.3. The number of hydrogen-bond donors (Lipinski definition) is 1. The van der Waals surface area contributed by atoms with Crippen LogP contribution in [0.15, 0.2) is 36.4 Å². The Morgan fingerprint density at radius 3 is 2.11 bits per heavy atom. The van der Waals surface area contributed by atoms with E-state index < -0.39 is 5.82 Å². The third-order valence-electron chi connectivity index (χ3n) is 2.41. The normalized spacial score (nSPS) is 10.4. The highest BCUT2D eigenvalue weighted by Crippen LogP contribution is 2.25. The number of rotatable bonds is 2. The number of benzene rings is 2. The second-order valence-corrected chi connectivity index (χ2v) is 4.51. The van der Waals surface area contributed by atoms with E-state index in [0.717, 1.165) is 6.07 Å². The van der Waals surface area contributed by atoms with Gasteiger partial charge in [-0.1, -0.05) is 23.2 Å². The maximum Gasteiger partial charge on any atom is 0.196 e. The lowest BCUT2D eigenvalue weighted by atomic mass is 10.0. The van der Waals surface area contributed by atoms with E-state index in [4.69, 9.17) is 28.9 Å². The SMILES string of the molecule is Nc1ccc(C(=O)c2ccc(F)cc2Cl)c(Cl)c1. The summed E-state index contributed by atoms with van der Waals surface area (Å²) in [6.45, 7) is 0. The molecule has 18 heavy (non-hydrogen) atoms. The van der Waals surface area contributed by atoms with Crippen LogP contribution in [0, 0.1) is 5.82 Å². The van der Waals surface area contributed by atoms with E-state index in [-0.39, 0.29) is 27.0 Å². The highest BCUT2D eigenvalue weighted by atomic mass is 35.5. The van der Waals surface area contributed by atoms with Crippen LogP contribution in [0.25, 0.3) is 0 Å². The first-order valence-electron chi connectivity index (χ1n) is 5.04. The molecule has 0 aliphatic rings. The molecule has 2 rings (SSSR count). The third-order valence-corrected chi connectivity index (χ3v) is 3.04. The van der Waals surface area contributed by atoms with Crippen LogP contribution in [-0.2, 0) is 0 Å². The fourth-order valence-corrected chi connectivity index (χ4v) is 2.06. The number of carbonyl (C=O) groups is 1. The summed E-state index contributed by atoms with van der Waals surface area (Å²) in [5.74, 6) is -0.870. The van der Waals surface area contributed by atoms with Crippen LogP contribution in [0.3, 0.4) is 0 Å². The molecule has 2 aromatic rings. The molecule has 0 aliphatic carbocycles. The van der Waals surface area contributed by atoms with Crippen molar-refractivity contribution in [2.24, 2.45) is 0 Å². The zero-order valence-electron chi connectivity index (χ0n) is 9.08. The number of carbonyl (C=O) groups excluding carboxylic acids is 1. The van der Waals surface area contributed by atoms with E-state index in [9.17, 15) is 9.18 Å². The first-order chi connectivity index (χ1) is 8.49. The van der Waals surface area contributed by atoms with Gasteiger partial charge in [-0.15, -0.1) is 0 Å². The van der Waals surface area contributed by atoms with Crippen molar-refractivity contribution >= 4 is 34.7 Å². The Morgan fingerprint density at radius 1 is 1.00 bits per heavy atom. The van der Waals surface area contributed by atoms with Gasteiger partial charge in [0.05, 0.1) is 10.0 Å². The van der Waals surface area contributed by atoms with Crippen molar-refractivity contribution in [3.8, 4) is 0 Å². The molecule has 0 heterocycles. The first kappa shape index (κ1) is 12.9. The monoisotopic (exact) mass is 283 g/mol. The van der Waals surface area contributed by atoms with Crippen LogP contribution in [0.2, 0.25) is 10.0 Å². The summed E-state index contributed by atoms with van der Waals surface area (Å²) < 4.78 is 12.9. The largest absolute Gasteiger partial charge is 0.399 e. The molecule has 0 amide bonds. The van der Waals surface area contributed by atoms with Gasteiger partial charge in [0.15, 0.2) is 5.78 Å². The van der Waals surface area contributed by atoms with Crippen molar-refractivity contribution < 1.29 is 9.18 Å². The van der Waals surface area contributed by atoms with Crippen LogP contribution in [0.4, 0.5) is 10.1 Å². The number of anilines is 1. The predicted molar refractivity (Wildman–Crippen MR) is 70.7 cm³/mol. The van der Waals surface area contributed by atoms with Gasteiger partial charge >= 0.3 is 0 Å². The molecule has 2 N–H and O–H groups in total. The highest BCUT2D eigenvalue weighted by molar-refractivity contribution is 6.38. The van der Waals surface area contributed by atoms with Crippen LogP contribution >= 0.6 is 23.2 Å². The quantitative estimate of drug-likeness (QED) is 0.670. The molecule has 2 aromatic carbocycles. The van der Waals surface area contributed by atoms with Gasteiger partial charge in [0, 0.05) is 16.8 Å². The topological polar surface area (TPSA) is 43.1 Å². The van der Waals surface area contributed by atoms with Crippen LogP contribution in [-0.4, -0.2) is 5.78 Å². The van der Waals surface area contributed by atoms with Gasteiger partial charge in [0.25, 0.3) is 0 Å². The molecule has 0 spiro atoms. The van der Waals surface area contributed by atoms with Crippen molar-refractivity contribution in [3.05, 3.63) is 63.4 Å². The lowest BCUT2D eigenvalue weighted by molar-refractivity contribution is 0.103. The minimum absolute atomic E-state index is 0.0490. The van der Waals surface area contributed by atoms with Gasteiger partial charge in [-0.2, -0.15) is 0 Å². The molecule has 2 nitrogen and oxygen atoms in total. The molecule has 0 aromatic heterocycles. The van der Waals surface area contributed by atoms with Crippen LogP contribution in [0.1, 0.15) is 15.9 Å². The molecule has 5 heteroatoms. The van der Waals surface area contributed by atoms with Crippen LogP contribution < -0.4 is 5.73 Å². The third kappa shape index (κ3) is 2.47. The van der Waals surface area contributed by atoms with Crippen molar-refractivity contribution in [1.29, 1.82) is 0 Å². The van der Waals surface area contributed by atoms with E-state index in [2.05, 4.69) is 0 Å². The molecule has 0 atom stereocenters. The molecule has 0 saturated carbocycles. The molecular formula is C13H8Cl2FNO. The molecule has 0 unspecified atom stereocenters. The van der Waals surface area contributed by atoms with E-state index >= 15 is 0 Å². The number of hydrogen-bond acceptors (Lipinski definition) is 2. The second kappa shape index (κ2) is 4.96. The predicted octanol–water partition coefficient (Wildman–Crippen LogP) is 3.95. The Labute approximate surface area is 113 Å². The maximum absolute atomic E-state index is 12.9. The van der Waals surface area contributed by atoms with Crippen molar-refractivity contribution in [2.75, 3.05) is 5.73 Å². The summed E-state index contributed by atoms with van der Waals surface area (Å²) in [6.07, 6.45) is 0. The molecular weight excluding hydrogens is 276 g/mol. The van der Waals surface area contributed by atoms with Gasteiger partial charge in [0.1, 0.15) is 5.82 Å². The summed E-state index contributed by atoms with van der Waals surface area (Å²) in [5, 5.41) is 0.285. The Kier molecular flexibility index (Phi) is 3.55. The Balaban J connectivity index is 2.48. The second-order valence-electron chi connectivity index (χ2n) is 3.69. The summed E-state index contributed by atoms with van der Waals surface area (Å²) >= 11 is 11.8.